The van der Waals surface area contributed by atoms with E-state index < -0.39 is 0 Å². The van der Waals surface area contributed by atoms with E-state index in [9.17, 15) is 0 Å². The van der Waals surface area contributed by atoms with Crippen LogP contribution in [0.15, 0.2) is 35.0 Å². The predicted molar refractivity (Wildman–Crippen MR) is 61.0 cm³/mol. The molecule has 0 saturated heterocycles. The molecule has 2 rings (SSSR count). The molecule has 2 heteroatoms. The van der Waals surface area contributed by atoms with Crippen LogP contribution in [0.25, 0.3) is 11.1 Å². The molecule has 1 nitrogen and oxygen atoms in total. The van der Waals surface area contributed by atoms with E-state index in [1.165, 1.54) is 16.7 Å². The van der Waals surface area contributed by atoms with E-state index in [-0.39, 0.29) is 0 Å². The minimum Gasteiger partial charge on any atom is -0.496 e. The molecule has 0 unspecified atom stereocenters. The maximum atomic E-state index is 5.29. The van der Waals surface area contributed by atoms with Crippen molar-refractivity contribution in [2.24, 2.45) is 0 Å². The van der Waals surface area contributed by atoms with Gasteiger partial charge in [-0.25, -0.2) is 0 Å². The third-order valence-electron chi connectivity index (χ3n) is 2.26. The average molecular weight is 204 g/mol. The van der Waals surface area contributed by atoms with E-state index in [0.29, 0.717) is 0 Å². The summed E-state index contributed by atoms with van der Waals surface area (Å²) in [6.07, 6.45) is 0. The van der Waals surface area contributed by atoms with Crippen LogP contribution in [0.3, 0.4) is 0 Å². The van der Waals surface area contributed by atoms with Gasteiger partial charge in [0.2, 0.25) is 0 Å². The van der Waals surface area contributed by atoms with E-state index >= 15 is 0 Å². The van der Waals surface area contributed by atoms with Crippen LogP contribution < -0.4 is 4.74 Å². The van der Waals surface area contributed by atoms with Crippen LogP contribution in [0.4, 0.5) is 0 Å². The van der Waals surface area contributed by atoms with Gasteiger partial charge in [0.1, 0.15) is 5.75 Å². The smallest absolute Gasteiger partial charge is 0.122 e. The summed E-state index contributed by atoms with van der Waals surface area (Å²) < 4.78 is 5.29. The third kappa shape index (κ3) is 1.66. The predicted octanol–water partition coefficient (Wildman–Crippen LogP) is 3.73. The molecular weight excluding hydrogens is 192 g/mol. The van der Waals surface area contributed by atoms with Crippen LogP contribution in [0, 0.1) is 6.92 Å². The Morgan fingerprint density at radius 3 is 2.64 bits per heavy atom. The third-order valence-corrected chi connectivity index (χ3v) is 2.95. The number of benzene rings is 1. The van der Waals surface area contributed by atoms with Crippen LogP contribution in [0.1, 0.15) is 5.56 Å². The van der Waals surface area contributed by atoms with Crippen molar-refractivity contribution < 1.29 is 4.74 Å². The normalized spacial score (nSPS) is 10.1. The van der Waals surface area contributed by atoms with Crippen molar-refractivity contribution in [3.63, 3.8) is 0 Å². The van der Waals surface area contributed by atoms with Crippen molar-refractivity contribution in [1.29, 1.82) is 0 Å². The second kappa shape index (κ2) is 3.84. The van der Waals surface area contributed by atoms with Crippen molar-refractivity contribution in [3.05, 3.63) is 40.6 Å². The lowest BCUT2D eigenvalue weighted by molar-refractivity contribution is 0.412. The summed E-state index contributed by atoms with van der Waals surface area (Å²) >= 11 is 1.71. The van der Waals surface area contributed by atoms with E-state index in [1.807, 2.05) is 0 Å². The molecule has 1 aromatic carbocycles. The first-order valence-corrected chi connectivity index (χ1v) is 5.43. The molecule has 0 aliphatic heterocycles. The molecule has 0 aliphatic rings. The van der Waals surface area contributed by atoms with Gasteiger partial charge in [-0.1, -0.05) is 12.1 Å². The lowest BCUT2D eigenvalue weighted by Gasteiger charge is -2.06. The fourth-order valence-electron chi connectivity index (χ4n) is 1.43. The summed E-state index contributed by atoms with van der Waals surface area (Å²) in [5.41, 5.74) is 3.65. The van der Waals surface area contributed by atoms with Gasteiger partial charge in [-0.2, -0.15) is 11.3 Å². The van der Waals surface area contributed by atoms with Crippen molar-refractivity contribution >= 4 is 11.3 Å². The summed E-state index contributed by atoms with van der Waals surface area (Å²) in [6, 6.07) is 8.41. The van der Waals surface area contributed by atoms with Gasteiger partial charge in [0.15, 0.2) is 0 Å². The van der Waals surface area contributed by atoms with Crippen molar-refractivity contribution in [2.75, 3.05) is 7.11 Å². The summed E-state index contributed by atoms with van der Waals surface area (Å²) in [4.78, 5) is 0. The fourth-order valence-corrected chi connectivity index (χ4v) is 2.09. The average Bonchev–Trinajstić information content (AvgIpc) is 2.71. The quantitative estimate of drug-likeness (QED) is 0.724. The first-order chi connectivity index (χ1) is 6.81. The van der Waals surface area contributed by atoms with Crippen molar-refractivity contribution in [1.82, 2.24) is 0 Å². The van der Waals surface area contributed by atoms with Gasteiger partial charge in [-0.05, 0) is 46.5 Å². The van der Waals surface area contributed by atoms with Gasteiger partial charge < -0.3 is 4.74 Å². The largest absolute Gasteiger partial charge is 0.496 e. The number of hydrogen-bond acceptors (Lipinski definition) is 2. The van der Waals surface area contributed by atoms with Gasteiger partial charge in [0.25, 0.3) is 0 Å². The topological polar surface area (TPSA) is 9.23 Å². The summed E-state index contributed by atoms with van der Waals surface area (Å²) in [6.45, 7) is 2.05. The second-order valence-corrected chi connectivity index (χ2v) is 3.98. The van der Waals surface area contributed by atoms with Gasteiger partial charge in [-0.3, -0.25) is 0 Å². The maximum absolute atomic E-state index is 5.29. The molecule has 0 atom stereocenters. The lowest BCUT2D eigenvalue weighted by atomic mass is 10.1. The number of methoxy groups -OCH3 is 1. The maximum Gasteiger partial charge on any atom is 0.122 e. The zero-order valence-corrected chi connectivity index (χ0v) is 9.10. The molecule has 2 aromatic rings. The highest BCUT2D eigenvalue weighted by Crippen LogP contribution is 2.27. The molecule has 0 amide bonds. The molecule has 0 saturated carbocycles. The minimum atomic E-state index is 0.953. The molecule has 0 spiro atoms. The Morgan fingerprint density at radius 2 is 2.00 bits per heavy atom. The fraction of sp³-hybridized carbons (Fsp3) is 0.167. The van der Waals surface area contributed by atoms with E-state index in [0.717, 1.165) is 5.75 Å². The highest BCUT2D eigenvalue weighted by Gasteiger charge is 2.02. The zero-order valence-electron chi connectivity index (χ0n) is 8.28. The van der Waals surface area contributed by atoms with E-state index in [4.69, 9.17) is 4.74 Å². The van der Waals surface area contributed by atoms with Gasteiger partial charge in [-0.15, -0.1) is 0 Å². The van der Waals surface area contributed by atoms with Crippen molar-refractivity contribution in [2.45, 2.75) is 6.92 Å². The molecule has 0 fully saturated rings. The minimum absolute atomic E-state index is 0.953. The number of rotatable bonds is 2. The monoisotopic (exact) mass is 204 g/mol. The molecule has 1 heterocycles. The molecule has 0 aliphatic carbocycles. The standard InChI is InChI=1S/C12H12OS/c1-9-3-4-10(7-12(9)13-2)11-5-6-14-8-11/h3-8H,1-2H3. The highest BCUT2D eigenvalue weighted by molar-refractivity contribution is 7.08. The van der Waals surface area contributed by atoms with Crippen molar-refractivity contribution in [3.8, 4) is 16.9 Å². The number of aryl methyl sites for hydroxylation is 1. The highest BCUT2D eigenvalue weighted by atomic mass is 32.1. The summed E-state index contributed by atoms with van der Waals surface area (Å²) in [5, 5.41) is 4.23. The first-order valence-electron chi connectivity index (χ1n) is 4.48. The zero-order chi connectivity index (χ0) is 9.97. The Bertz CT molecular complexity index is 418. The van der Waals surface area contributed by atoms with Crippen LogP contribution >= 0.6 is 11.3 Å². The van der Waals surface area contributed by atoms with Gasteiger partial charge in [0.05, 0.1) is 7.11 Å². The summed E-state index contributed by atoms with van der Waals surface area (Å²) in [7, 11) is 1.71. The molecule has 0 N–H and O–H groups in total. The van der Waals surface area contributed by atoms with Crippen LogP contribution in [0.5, 0.6) is 5.75 Å². The Balaban J connectivity index is 2.46. The Labute approximate surface area is 88.0 Å². The molecular formula is C12H12OS. The Kier molecular flexibility index (Phi) is 2.55. The SMILES string of the molecule is COc1cc(-c2ccsc2)ccc1C. The molecule has 1 aromatic heterocycles. The molecule has 0 bridgehead atoms. The molecule has 0 radical (unpaired) electrons. The van der Waals surface area contributed by atoms with Crippen LogP contribution in [-0.4, -0.2) is 7.11 Å². The number of hydrogen-bond donors (Lipinski definition) is 0. The van der Waals surface area contributed by atoms with Crippen LogP contribution in [-0.2, 0) is 0 Å². The van der Waals surface area contributed by atoms with Gasteiger partial charge in [0, 0.05) is 0 Å². The Hall–Kier alpha value is -1.28. The molecule has 14 heavy (non-hydrogen) atoms. The number of thiophene rings is 1. The molecule has 72 valence electrons. The van der Waals surface area contributed by atoms with E-state index in [2.05, 4.69) is 41.9 Å². The summed E-state index contributed by atoms with van der Waals surface area (Å²) in [5.74, 6) is 0.953. The van der Waals surface area contributed by atoms with E-state index in [1.54, 1.807) is 18.4 Å². The second-order valence-electron chi connectivity index (χ2n) is 3.20. The number of ether oxygens (including phenoxy) is 1. The van der Waals surface area contributed by atoms with Gasteiger partial charge >= 0.3 is 0 Å². The van der Waals surface area contributed by atoms with Crippen LogP contribution in [0.2, 0.25) is 0 Å². The first kappa shape index (κ1) is 9.28. The lowest BCUT2D eigenvalue weighted by Crippen LogP contribution is -1.87. The Morgan fingerprint density at radius 1 is 1.14 bits per heavy atom.